The molecule has 5 nitrogen and oxygen atoms in total. The van der Waals surface area contributed by atoms with Gasteiger partial charge in [0.2, 0.25) is 0 Å². The van der Waals surface area contributed by atoms with Crippen molar-refractivity contribution in [1.82, 2.24) is 14.5 Å². The van der Waals surface area contributed by atoms with Gasteiger partial charge in [-0.1, -0.05) is 0 Å². The average molecular weight is 345 g/mol. The molecule has 0 aliphatic carbocycles. The second-order valence-corrected chi connectivity index (χ2v) is 6.73. The fourth-order valence-electron chi connectivity index (χ4n) is 3.43. The van der Waals surface area contributed by atoms with Gasteiger partial charge in [0.1, 0.15) is 5.82 Å². The number of imidazole rings is 1. The summed E-state index contributed by atoms with van der Waals surface area (Å²) in [5.74, 6) is 0.788. The van der Waals surface area contributed by atoms with E-state index >= 15 is 0 Å². The van der Waals surface area contributed by atoms with E-state index in [4.69, 9.17) is 4.74 Å². The van der Waals surface area contributed by atoms with Gasteiger partial charge in [0.15, 0.2) is 11.6 Å². The molecule has 6 heteroatoms. The second-order valence-electron chi connectivity index (χ2n) is 6.73. The van der Waals surface area contributed by atoms with E-state index in [1.807, 2.05) is 17.3 Å². The van der Waals surface area contributed by atoms with E-state index in [0.717, 1.165) is 18.7 Å². The maximum Gasteiger partial charge on any atom is 0.254 e. The van der Waals surface area contributed by atoms with Crippen molar-refractivity contribution in [2.75, 3.05) is 20.2 Å². The zero-order valence-electron chi connectivity index (χ0n) is 14.9. The monoisotopic (exact) mass is 345 g/mol. The van der Waals surface area contributed by atoms with Crippen LogP contribution in [0.3, 0.4) is 0 Å². The van der Waals surface area contributed by atoms with Gasteiger partial charge in [-0.2, -0.15) is 0 Å². The lowest BCUT2D eigenvalue weighted by molar-refractivity contribution is 0.0702. The number of amides is 1. The summed E-state index contributed by atoms with van der Waals surface area (Å²) in [7, 11) is 1.40. The van der Waals surface area contributed by atoms with Crippen LogP contribution in [0.5, 0.6) is 5.75 Å². The number of hydrogen-bond acceptors (Lipinski definition) is 3. The highest BCUT2D eigenvalue weighted by atomic mass is 19.1. The summed E-state index contributed by atoms with van der Waals surface area (Å²) in [6.07, 6.45) is 5.76. The molecule has 25 heavy (non-hydrogen) atoms. The molecule has 2 aromatic rings. The van der Waals surface area contributed by atoms with Gasteiger partial charge < -0.3 is 14.2 Å². The molecule has 1 amide bonds. The van der Waals surface area contributed by atoms with Crippen molar-refractivity contribution in [3.63, 3.8) is 0 Å². The van der Waals surface area contributed by atoms with Crippen LogP contribution in [0.4, 0.5) is 4.39 Å². The maximum atomic E-state index is 13.6. The van der Waals surface area contributed by atoms with E-state index in [9.17, 15) is 9.18 Å². The van der Waals surface area contributed by atoms with Gasteiger partial charge in [0.05, 0.1) is 7.11 Å². The summed E-state index contributed by atoms with van der Waals surface area (Å²) in [5, 5.41) is 0. The molecule has 0 radical (unpaired) electrons. The highest BCUT2D eigenvalue weighted by Gasteiger charge is 2.28. The fraction of sp³-hybridized carbons (Fsp3) is 0.474. The predicted octanol–water partition coefficient (Wildman–Crippen LogP) is 3.63. The molecule has 1 saturated heterocycles. The second kappa shape index (κ2) is 7.25. The minimum absolute atomic E-state index is 0.0920. The summed E-state index contributed by atoms with van der Waals surface area (Å²) in [4.78, 5) is 19.2. The molecule has 0 saturated carbocycles. The number of rotatable bonds is 4. The van der Waals surface area contributed by atoms with Gasteiger partial charge in [0, 0.05) is 43.0 Å². The lowest BCUT2D eigenvalue weighted by atomic mass is 9.96. The number of piperidine rings is 1. The molecular weight excluding hydrogens is 321 g/mol. The number of halogens is 1. The van der Waals surface area contributed by atoms with Crippen molar-refractivity contribution in [2.45, 2.75) is 38.6 Å². The smallest absolute Gasteiger partial charge is 0.254 e. The molecule has 0 bridgehead atoms. The number of likely N-dealkylation sites (tertiary alicyclic amines) is 1. The Morgan fingerprint density at radius 2 is 2.20 bits per heavy atom. The minimum Gasteiger partial charge on any atom is -0.494 e. The van der Waals surface area contributed by atoms with Crippen molar-refractivity contribution in [1.29, 1.82) is 0 Å². The Labute approximate surface area is 147 Å². The van der Waals surface area contributed by atoms with Crippen LogP contribution in [0.25, 0.3) is 0 Å². The van der Waals surface area contributed by atoms with Gasteiger partial charge >= 0.3 is 0 Å². The quantitative estimate of drug-likeness (QED) is 0.850. The highest BCUT2D eigenvalue weighted by molar-refractivity contribution is 5.94. The van der Waals surface area contributed by atoms with Gasteiger partial charge in [-0.15, -0.1) is 0 Å². The zero-order valence-corrected chi connectivity index (χ0v) is 14.9. The molecule has 1 atom stereocenters. The summed E-state index contributed by atoms with van der Waals surface area (Å²) >= 11 is 0. The van der Waals surface area contributed by atoms with E-state index in [2.05, 4.69) is 23.4 Å². The number of carbonyl (C=O) groups is 1. The molecule has 3 rings (SSSR count). The Kier molecular flexibility index (Phi) is 5.06. The van der Waals surface area contributed by atoms with Crippen molar-refractivity contribution in [2.24, 2.45) is 0 Å². The first-order valence-electron chi connectivity index (χ1n) is 8.66. The predicted molar refractivity (Wildman–Crippen MR) is 93.4 cm³/mol. The number of aromatic nitrogens is 2. The van der Waals surface area contributed by atoms with Crippen LogP contribution in [0.15, 0.2) is 30.6 Å². The normalized spacial score (nSPS) is 17.8. The van der Waals surface area contributed by atoms with Gasteiger partial charge in [-0.05, 0) is 44.9 Å². The molecule has 134 valence electrons. The Bertz CT molecular complexity index is 757. The Balaban J connectivity index is 1.79. The number of nitrogens with zero attached hydrogens (tertiary/aromatic N) is 3. The third kappa shape index (κ3) is 3.52. The van der Waals surface area contributed by atoms with E-state index in [1.54, 1.807) is 0 Å². The first-order chi connectivity index (χ1) is 12.0. The molecular formula is C19H24FN3O2. The molecule has 0 N–H and O–H groups in total. The summed E-state index contributed by atoms with van der Waals surface area (Å²) in [5.41, 5.74) is 0.450. The molecule has 0 unspecified atom stereocenters. The van der Waals surface area contributed by atoms with Gasteiger partial charge in [-0.3, -0.25) is 4.79 Å². The van der Waals surface area contributed by atoms with Crippen molar-refractivity contribution in [3.8, 4) is 5.75 Å². The van der Waals surface area contributed by atoms with Crippen LogP contribution in [0.1, 0.15) is 54.8 Å². The molecule has 1 fully saturated rings. The molecule has 1 aromatic carbocycles. The van der Waals surface area contributed by atoms with Crippen LogP contribution in [-0.4, -0.2) is 40.6 Å². The Morgan fingerprint density at radius 3 is 2.92 bits per heavy atom. The van der Waals surface area contributed by atoms with Crippen molar-refractivity contribution < 1.29 is 13.9 Å². The SMILES string of the molecule is COc1cc(C(=O)N2CCC[C@@H](c3nccn3C(C)C)C2)ccc1F. The van der Waals surface area contributed by atoms with Crippen molar-refractivity contribution in [3.05, 3.63) is 47.8 Å². The van der Waals surface area contributed by atoms with E-state index in [-0.39, 0.29) is 17.6 Å². The number of methoxy groups -OCH3 is 1. The van der Waals surface area contributed by atoms with Crippen LogP contribution in [0, 0.1) is 5.82 Å². The number of carbonyl (C=O) groups excluding carboxylic acids is 1. The largest absolute Gasteiger partial charge is 0.494 e. The summed E-state index contributed by atoms with van der Waals surface area (Å²) in [6, 6.07) is 4.60. The number of ether oxygens (including phenoxy) is 1. The van der Waals surface area contributed by atoms with Gasteiger partial charge in [0.25, 0.3) is 5.91 Å². The van der Waals surface area contributed by atoms with E-state index < -0.39 is 5.82 Å². The van der Waals surface area contributed by atoms with Crippen LogP contribution in [-0.2, 0) is 0 Å². The first kappa shape index (κ1) is 17.5. The van der Waals surface area contributed by atoms with Crippen LogP contribution < -0.4 is 4.74 Å². The Morgan fingerprint density at radius 1 is 1.40 bits per heavy atom. The first-order valence-corrected chi connectivity index (χ1v) is 8.66. The molecule has 2 heterocycles. The topological polar surface area (TPSA) is 47.4 Å². The third-order valence-electron chi connectivity index (χ3n) is 4.73. The van der Waals surface area contributed by atoms with Gasteiger partial charge in [-0.25, -0.2) is 9.37 Å². The summed E-state index contributed by atoms with van der Waals surface area (Å²) < 4.78 is 20.7. The highest BCUT2D eigenvalue weighted by Crippen LogP contribution is 2.29. The Hall–Kier alpha value is -2.37. The third-order valence-corrected chi connectivity index (χ3v) is 4.73. The molecule has 1 aliphatic rings. The number of benzene rings is 1. The van der Waals surface area contributed by atoms with E-state index in [1.165, 1.54) is 25.3 Å². The minimum atomic E-state index is -0.463. The molecule has 1 aromatic heterocycles. The lowest BCUT2D eigenvalue weighted by Crippen LogP contribution is -2.39. The standard InChI is InChI=1S/C19H24FN3O2/c1-13(2)23-10-8-21-18(23)15-5-4-9-22(12-15)19(24)14-6-7-16(20)17(11-14)25-3/h6-8,10-11,13,15H,4-5,9,12H2,1-3H3/t15-/m1/s1. The maximum absolute atomic E-state index is 13.6. The fourth-order valence-corrected chi connectivity index (χ4v) is 3.43. The molecule has 1 aliphatic heterocycles. The molecule has 0 spiro atoms. The van der Waals surface area contributed by atoms with Crippen LogP contribution in [0.2, 0.25) is 0 Å². The van der Waals surface area contributed by atoms with Crippen molar-refractivity contribution >= 4 is 5.91 Å². The lowest BCUT2D eigenvalue weighted by Gasteiger charge is -2.33. The average Bonchev–Trinajstić information content (AvgIpc) is 3.12. The number of hydrogen-bond donors (Lipinski definition) is 0. The summed E-state index contributed by atoms with van der Waals surface area (Å²) in [6.45, 7) is 5.59. The zero-order chi connectivity index (χ0) is 18.0. The van der Waals surface area contributed by atoms with Crippen LogP contribution >= 0.6 is 0 Å². The van der Waals surface area contributed by atoms with E-state index in [0.29, 0.717) is 24.7 Å².